The van der Waals surface area contributed by atoms with Gasteiger partial charge in [-0.2, -0.15) is 0 Å². The van der Waals surface area contributed by atoms with E-state index in [4.69, 9.17) is 27.9 Å². The van der Waals surface area contributed by atoms with Gasteiger partial charge in [0.25, 0.3) is 0 Å². The number of halogens is 3. The molecule has 0 unspecified atom stereocenters. The minimum absolute atomic E-state index is 0.121. The lowest BCUT2D eigenvalue weighted by Gasteiger charge is -2.11. The van der Waals surface area contributed by atoms with Crippen LogP contribution in [0.4, 0.5) is 4.39 Å². The Hall–Kier alpha value is -2.43. The Morgan fingerprint density at radius 3 is 2.54 bits per heavy atom. The molecule has 3 rings (SSSR count). The standard InChI is InChI=1S/C20H14Cl2FNO2/c1-26-20-9-13(14-8-15(23)11-24-10-14)3-4-16(20)19(25)7-12-2-5-17(21)18(22)6-12/h2-6,8-11H,7H2,1H3. The molecule has 0 aliphatic rings. The smallest absolute Gasteiger partial charge is 0.170 e. The molecule has 132 valence electrons. The van der Waals surface area contributed by atoms with Gasteiger partial charge in [0.1, 0.15) is 11.6 Å². The molecule has 0 atom stereocenters. The van der Waals surface area contributed by atoms with Crippen LogP contribution >= 0.6 is 23.2 Å². The Labute approximate surface area is 160 Å². The Balaban J connectivity index is 1.89. The number of pyridine rings is 1. The number of nitrogens with zero attached hydrogens (tertiary/aromatic N) is 1. The fourth-order valence-corrected chi connectivity index (χ4v) is 2.92. The van der Waals surface area contributed by atoms with E-state index in [-0.39, 0.29) is 12.2 Å². The van der Waals surface area contributed by atoms with E-state index in [0.29, 0.717) is 32.5 Å². The molecule has 0 N–H and O–H groups in total. The molecule has 0 amide bonds. The third-order valence-electron chi connectivity index (χ3n) is 3.89. The van der Waals surface area contributed by atoms with E-state index in [1.165, 1.54) is 13.2 Å². The van der Waals surface area contributed by atoms with Gasteiger partial charge in [-0.25, -0.2) is 4.39 Å². The normalized spacial score (nSPS) is 10.6. The van der Waals surface area contributed by atoms with Crippen molar-refractivity contribution in [1.82, 2.24) is 4.98 Å². The lowest BCUT2D eigenvalue weighted by Crippen LogP contribution is -2.06. The van der Waals surface area contributed by atoms with Crippen molar-refractivity contribution in [3.63, 3.8) is 0 Å². The molecule has 0 saturated carbocycles. The second kappa shape index (κ2) is 7.85. The Bertz CT molecular complexity index is 976. The summed E-state index contributed by atoms with van der Waals surface area (Å²) in [6, 6.07) is 11.5. The van der Waals surface area contributed by atoms with Crippen LogP contribution in [0.3, 0.4) is 0 Å². The van der Waals surface area contributed by atoms with Crippen LogP contribution in [-0.4, -0.2) is 17.9 Å². The van der Waals surface area contributed by atoms with E-state index in [2.05, 4.69) is 4.98 Å². The first-order chi connectivity index (χ1) is 12.5. The van der Waals surface area contributed by atoms with Crippen LogP contribution in [0.25, 0.3) is 11.1 Å². The number of hydrogen-bond acceptors (Lipinski definition) is 3. The number of ether oxygens (including phenoxy) is 1. The van der Waals surface area contributed by atoms with Crippen molar-refractivity contribution in [2.24, 2.45) is 0 Å². The zero-order valence-corrected chi connectivity index (χ0v) is 15.3. The van der Waals surface area contributed by atoms with Gasteiger partial charge in [-0.15, -0.1) is 0 Å². The first-order valence-corrected chi connectivity index (χ1v) is 8.49. The summed E-state index contributed by atoms with van der Waals surface area (Å²) in [6.07, 6.45) is 2.85. The molecule has 3 aromatic rings. The zero-order chi connectivity index (χ0) is 18.7. The van der Waals surface area contributed by atoms with E-state index in [1.807, 2.05) is 0 Å². The monoisotopic (exact) mass is 389 g/mol. The van der Waals surface area contributed by atoms with Gasteiger partial charge >= 0.3 is 0 Å². The minimum Gasteiger partial charge on any atom is -0.496 e. The highest BCUT2D eigenvalue weighted by Crippen LogP contribution is 2.29. The number of benzene rings is 2. The summed E-state index contributed by atoms with van der Waals surface area (Å²) in [6.45, 7) is 0. The fraction of sp³-hybridized carbons (Fsp3) is 0.100. The number of ketones is 1. The zero-order valence-electron chi connectivity index (χ0n) is 13.8. The molecule has 6 heteroatoms. The van der Waals surface area contributed by atoms with Crippen LogP contribution in [0.1, 0.15) is 15.9 Å². The molecule has 0 saturated heterocycles. The molecular formula is C20H14Cl2FNO2. The Kier molecular flexibility index (Phi) is 5.55. The first-order valence-electron chi connectivity index (χ1n) is 7.74. The summed E-state index contributed by atoms with van der Waals surface area (Å²) in [4.78, 5) is 16.5. The lowest BCUT2D eigenvalue weighted by atomic mass is 9.99. The quantitative estimate of drug-likeness (QED) is 0.530. The molecule has 1 heterocycles. The highest BCUT2D eigenvalue weighted by atomic mass is 35.5. The number of carbonyl (C=O) groups excluding carboxylic acids is 1. The summed E-state index contributed by atoms with van der Waals surface area (Å²) in [5.74, 6) is -0.137. The van der Waals surface area contributed by atoms with E-state index < -0.39 is 5.82 Å². The van der Waals surface area contributed by atoms with Gasteiger partial charge in [-0.3, -0.25) is 9.78 Å². The predicted molar refractivity (Wildman–Crippen MR) is 101 cm³/mol. The SMILES string of the molecule is COc1cc(-c2cncc(F)c2)ccc1C(=O)Cc1ccc(Cl)c(Cl)c1. The molecule has 0 fully saturated rings. The summed E-state index contributed by atoms with van der Waals surface area (Å²) >= 11 is 11.9. The van der Waals surface area contributed by atoms with Crippen molar-refractivity contribution in [3.8, 4) is 16.9 Å². The molecule has 0 aliphatic carbocycles. The highest BCUT2D eigenvalue weighted by Gasteiger charge is 2.15. The maximum atomic E-state index is 13.4. The fourth-order valence-electron chi connectivity index (χ4n) is 2.60. The Morgan fingerprint density at radius 2 is 1.85 bits per heavy atom. The van der Waals surface area contributed by atoms with Crippen molar-refractivity contribution in [3.05, 3.63) is 81.8 Å². The van der Waals surface area contributed by atoms with Crippen molar-refractivity contribution in [2.45, 2.75) is 6.42 Å². The van der Waals surface area contributed by atoms with Crippen LogP contribution in [0.5, 0.6) is 5.75 Å². The molecule has 26 heavy (non-hydrogen) atoms. The number of rotatable bonds is 5. The second-order valence-corrected chi connectivity index (χ2v) is 6.47. The van der Waals surface area contributed by atoms with Crippen LogP contribution in [-0.2, 0) is 6.42 Å². The van der Waals surface area contributed by atoms with E-state index in [9.17, 15) is 9.18 Å². The van der Waals surface area contributed by atoms with E-state index in [0.717, 1.165) is 11.8 Å². The van der Waals surface area contributed by atoms with Gasteiger partial charge in [-0.1, -0.05) is 35.3 Å². The summed E-state index contributed by atoms with van der Waals surface area (Å²) in [5, 5.41) is 0.839. The largest absolute Gasteiger partial charge is 0.496 e. The minimum atomic E-state index is -0.429. The number of methoxy groups -OCH3 is 1. The van der Waals surface area contributed by atoms with E-state index in [1.54, 1.807) is 42.6 Å². The highest BCUT2D eigenvalue weighted by molar-refractivity contribution is 6.42. The number of aromatic nitrogens is 1. The van der Waals surface area contributed by atoms with Gasteiger partial charge < -0.3 is 4.74 Å². The van der Waals surface area contributed by atoms with Gasteiger partial charge in [0, 0.05) is 18.2 Å². The van der Waals surface area contributed by atoms with Crippen molar-refractivity contribution in [1.29, 1.82) is 0 Å². The third kappa shape index (κ3) is 4.03. The maximum absolute atomic E-state index is 13.4. The molecule has 1 aromatic heterocycles. The Morgan fingerprint density at radius 1 is 1.04 bits per heavy atom. The van der Waals surface area contributed by atoms with Crippen LogP contribution in [0.15, 0.2) is 54.9 Å². The first kappa shape index (κ1) is 18.4. The molecule has 2 aromatic carbocycles. The maximum Gasteiger partial charge on any atom is 0.170 e. The predicted octanol–water partition coefficient (Wildman–Crippen LogP) is 5.63. The number of hydrogen-bond donors (Lipinski definition) is 0. The van der Waals surface area contributed by atoms with Crippen LogP contribution < -0.4 is 4.74 Å². The van der Waals surface area contributed by atoms with Gasteiger partial charge in [0.2, 0.25) is 0 Å². The molecule has 0 aliphatic heterocycles. The van der Waals surface area contributed by atoms with Crippen LogP contribution in [0.2, 0.25) is 10.0 Å². The average molecular weight is 390 g/mol. The van der Waals surface area contributed by atoms with Crippen molar-refractivity contribution < 1.29 is 13.9 Å². The summed E-state index contributed by atoms with van der Waals surface area (Å²) < 4.78 is 18.7. The topological polar surface area (TPSA) is 39.2 Å². The molecule has 3 nitrogen and oxygen atoms in total. The molecule has 0 bridgehead atoms. The summed E-state index contributed by atoms with van der Waals surface area (Å²) in [5.41, 5.74) is 2.50. The number of carbonyl (C=O) groups is 1. The van der Waals surface area contributed by atoms with Gasteiger partial charge in [0.15, 0.2) is 5.78 Å². The molecule has 0 spiro atoms. The molecule has 0 radical (unpaired) electrons. The van der Waals surface area contributed by atoms with Crippen LogP contribution in [0, 0.1) is 5.82 Å². The molecular weight excluding hydrogens is 376 g/mol. The van der Waals surface area contributed by atoms with E-state index >= 15 is 0 Å². The second-order valence-electron chi connectivity index (χ2n) is 5.66. The third-order valence-corrected chi connectivity index (χ3v) is 4.63. The lowest BCUT2D eigenvalue weighted by molar-refractivity contribution is 0.0990. The average Bonchev–Trinajstić information content (AvgIpc) is 2.64. The van der Waals surface area contributed by atoms with Gasteiger partial charge in [0.05, 0.1) is 28.9 Å². The van der Waals surface area contributed by atoms with Crippen molar-refractivity contribution >= 4 is 29.0 Å². The van der Waals surface area contributed by atoms with Crippen molar-refractivity contribution in [2.75, 3.05) is 7.11 Å². The number of Topliss-reactive ketones (excluding diaryl/α,β-unsaturated/α-hetero) is 1. The van der Waals surface area contributed by atoms with Gasteiger partial charge in [-0.05, 0) is 41.5 Å². The summed E-state index contributed by atoms with van der Waals surface area (Å²) in [7, 11) is 1.48.